The maximum absolute atomic E-state index is 13.2. The van der Waals surface area contributed by atoms with Crippen LogP contribution in [0.2, 0.25) is 0 Å². The molecular weight excluding hydrogens is 421 g/mol. The van der Waals surface area contributed by atoms with Crippen molar-refractivity contribution in [3.05, 3.63) is 30.0 Å². The second-order valence-corrected chi connectivity index (χ2v) is 8.74. The third-order valence-electron chi connectivity index (χ3n) is 5.55. The van der Waals surface area contributed by atoms with Crippen LogP contribution in [0, 0.1) is 12.8 Å². The number of anilines is 2. The van der Waals surface area contributed by atoms with Gasteiger partial charge in [-0.15, -0.1) is 11.3 Å². The van der Waals surface area contributed by atoms with Gasteiger partial charge < -0.3 is 25.6 Å². The predicted octanol–water partition coefficient (Wildman–Crippen LogP) is 2.96. The van der Waals surface area contributed by atoms with Gasteiger partial charge in [-0.05, 0) is 31.9 Å². The highest BCUT2D eigenvalue weighted by Crippen LogP contribution is 2.40. The fourth-order valence-corrected chi connectivity index (χ4v) is 4.91. The summed E-state index contributed by atoms with van der Waals surface area (Å²) in [4.78, 5) is 13.8. The van der Waals surface area contributed by atoms with Gasteiger partial charge in [-0.25, -0.2) is 9.97 Å². The Bertz CT molecular complexity index is 1030. The molecule has 1 fully saturated rings. The van der Waals surface area contributed by atoms with Crippen molar-refractivity contribution in [1.82, 2.24) is 15.0 Å². The zero-order chi connectivity index (χ0) is 22.0. The Hall–Kier alpha value is -2.40. The minimum atomic E-state index is -1.69. The first-order valence-electron chi connectivity index (χ1n) is 10.2. The molecule has 8 nitrogen and oxygen atoms in total. The molecular formula is C21H26FN5O3S. The molecule has 3 atom stereocenters. The van der Waals surface area contributed by atoms with Crippen molar-refractivity contribution >= 4 is 33.3 Å². The van der Waals surface area contributed by atoms with E-state index in [1.54, 1.807) is 7.11 Å². The number of nitrogens with zero attached hydrogens (tertiary/aromatic N) is 3. The van der Waals surface area contributed by atoms with Crippen LogP contribution in [-0.2, 0) is 4.74 Å². The molecule has 0 bridgehead atoms. The maximum Gasteiger partial charge on any atom is 0.224 e. The summed E-state index contributed by atoms with van der Waals surface area (Å²) in [6, 6.07) is 7.79. The number of fused-ring (bicyclic) bond motifs is 1. The van der Waals surface area contributed by atoms with Crippen LogP contribution in [-0.4, -0.2) is 63.9 Å². The number of rotatable bonds is 8. The van der Waals surface area contributed by atoms with Crippen LogP contribution >= 0.6 is 11.3 Å². The van der Waals surface area contributed by atoms with E-state index in [1.807, 2.05) is 31.2 Å². The number of halogens is 1. The lowest BCUT2D eigenvalue weighted by Gasteiger charge is -2.30. The highest BCUT2D eigenvalue weighted by molar-refractivity contribution is 7.21. The monoisotopic (exact) mass is 447 g/mol. The Labute approximate surface area is 183 Å². The van der Waals surface area contributed by atoms with Gasteiger partial charge in [0.15, 0.2) is 5.72 Å². The van der Waals surface area contributed by atoms with Crippen molar-refractivity contribution in [3.8, 4) is 10.6 Å². The van der Waals surface area contributed by atoms with Gasteiger partial charge in [0.25, 0.3) is 0 Å². The molecule has 31 heavy (non-hydrogen) atoms. The summed E-state index contributed by atoms with van der Waals surface area (Å²) in [6.07, 6.45) is -0.668. The fourth-order valence-electron chi connectivity index (χ4n) is 3.85. The molecule has 1 aromatic carbocycles. The van der Waals surface area contributed by atoms with E-state index in [4.69, 9.17) is 9.72 Å². The molecule has 2 heterocycles. The van der Waals surface area contributed by atoms with Gasteiger partial charge in [0.05, 0.1) is 34.8 Å². The van der Waals surface area contributed by atoms with Crippen LogP contribution in [0.5, 0.6) is 0 Å². The first kappa shape index (κ1) is 21.8. The number of aryl methyl sites for hydroxylation is 1. The molecule has 1 aliphatic rings. The van der Waals surface area contributed by atoms with Crippen molar-refractivity contribution < 1.29 is 19.3 Å². The Balaban J connectivity index is 1.76. The predicted molar refractivity (Wildman–Crippen MR) is 119 cm³/mol. The quantitative estimate of drug-likeness (QED) is 0.308. The Kier molecular flexibility index (Phi) is 6.33. The summed E-state index contributed by atoms with van der Waals surface area (Å²) in [6.45, 7) is 2.13. The first-order chi connectivity index (χ1) is 14.9. The number of hydrogen-bond donors (Lipinski definition) is 4. The van der Waals surface area contributed by atoms with Crippen LogP contribution in [0.3, 0.4) is 0 Å². The minimum absolute atomic E-state index is 0.206. The summed E-state index contributed by atoms with van der Waals surface area (Å²) < 4.78 is 19.3. The first-order valence-corrected chi connectivity index (χ1v) is 11.0. The van der Waals surface area contributed by atoms with E-state index >= 15 is 0 Å². The molecule has 1 aliphatic carbocycles. The molecule has 3 aromatic rings. The topological polar surface area (TPSA) is 112 Å². The van der Waals surface area contributed by atoms with Gasteiger partial charge in [0.1, 0.15) is 16.9 Å². The second kappa shape index (κ2) is 8.99. The molecule has 10 heteroatoms. The molecule has 1 saturated carbocycles. The van der Waals surface area contributed by atoms with Crippen molar-refractivity contribution in [2.24, 2.45) is 5.92 Å². The van der Waals surface area contributed by atoms with E-state index in [0.717, 1.165) is 10.2 Å². The number of alkyl halides is 1. The van der Waals surface area contributed by atoms with Gasteiger partial charge >= 0.3 is 0 Å². The zero-order valence-corrected chi connectivity index (χ0v) is 18.2. The molecule has 0 aliphatic heterocycles. The van der Waals surface area contributed by atoms with Crippen molar-refractivity contribution in [2.75, 3.05) is 37.6 Å². The number of thiazole rings is 1. The van der Waals surface area contributed by atoms with E-state index < -0.39 is 24.4 Å². The smallest absolute Gasteiger partial charge is 0.224 e. The standard InChI is InChI=1S/C21H26FN5O3S/c1-12-16(19-25-14-5-3-4-6-15(14)31-19)18(26-20(24-12)23-9-10-30-2)27-21(29)8-7-13(11-22)17(21)28/h3-6,13,17,28-29H,7-11H2,1-2H3,(H2,23,24,26,27)/t13-,17-,21-/m1/s1. The third kappa shape index (κ3) is 4.33. The maximum atomic E-state index is 13.2. The summed E-state index contributed by atoms with van der Waals surface area (Å²) in [5, 5.41) is 28.4. The van der Waals surface area contributed by atoms with Gasteiger partial charge in [-0.1, -0.05) is 12.1 Å². The zero-order valence-electron chi connectivity index (χ0n) is 17.4. The van der Waals surface area contributed by atoms with Crippen LogP contribution in [0.4, 0.5) is 16.2 Å². The number of aliphatic hydroxyl groups is 2. The summed E-state index contributed by atoms with van der Waals surface area (Å²) in [5.41, 5.74) is 0.469. The average Bonchev–Trinajstić information content (AvgIpc) is 3.29. The van der Waals surface area contributed by atoms with Gasteiger partial charge in [0, 0.05) is 19.6 Å². The highest BCUT2D eigenvalue weighted by Gasteiger charge is 2.47. The Morgan fingerprint density at radius 1 is 1.29 bits per heavy atom. The molecule has 0 saturated heterocycles. The molecule has 4 N–H and O–H groups in total. The van der Waals surface area contributed by atoms with E-state index in [-0.39, 0.29) is 6.42 Å². The molecule has 0 unspecified atom stereocenters. The minimum Gasteiger partial charge on any atom is -0.388 e. The lowest BCUT2D eigenvalue weighted by atomic mass is 10.0. The summed E-state index contributed by atoms with van der Waals surface area (Å²) in [7, 11) is 1.61. The number of para-hydroxylation sites is 1. The highest BCUT2D eigenvalue weighted by atomic mass is 32.1. The van der Waals surface area contributed by atoms with E-state index in [1.165, 1.54) is 11.3 Å². The van der Waals surface area contributed by atoms with E-state index in [9.17, 15) is 14.6 Å². The number of hydrogen-bond acceptors (Lipinski definition) is 9. The molecule has 0 amide bonds. The lowest BCUT2D eigenvalue weighted by molar-refractivity contribution is -0.0501. The molecule has 2 aromatic heterocycles. The number of aliphatic hydroxyl groups excluding tert-OH is 1. The number of benzene rings is 1. The molecule has 0 radical (unpaired) electrons. The number of ether oxygens (including phenoxy) is 1. The van der Waals surface area contributed by atoms with Crippen LogP contribution in [0.1, 0.15) is 18.5 Å². The van der Waals surface area contributed by atoms with Crippen molar-refractivity contribution in [2.45, 2.75) is 31.6 Å². The van der Waals surface area contributed by atoms with Gasteiger partial charge in [-0.2, -0.15) is 4.98 Å². The SMILES string of the molecule is COCCNc1nc(C)c(-c2nc3ccccc3s2)c(N[C@@]2(O)CC[C@H](CF)[C@H]2O)n1. The van der Waals surface area contributed by atoms with E-state index in [2.05, 4.69) is 20.6 Å². The van der Waals surface area contributed by atoms with Crippen LogP contribution in [0.15, 0.2) is 24.3 Å². The molecule has 4 rings (SSSR count). The Morgan fingerprint density at radius 3 is 2.81 bits per heavy atom. The van der Waals surface area contributed by atoms with Gasteiger partial charge in [0.2, 0.25) is 5.95 Å². The third-order valence-corrected chi connectivity index (χ3v) is 6.61. The van der Waals surface area contributed by atoms with Crippen LogP contribution in [0.25, 0.3) is 20.8 Å². The fraction of sp³-hybridized carbons (Fsp3) is 0.476. The molecule has 166 valence electrons. The van der Waals surface area contributed by atoms with Gasteiger partial charge in [-0.3, -0.25) is 4.39 Å². The lowest BCUT2D eigenvalue weighted by Crippen LogP contribution is -2.48. The summed E-state index contributed by atoms with van der Waals surface area (Å²) >= 11 is 1.49. The van der Waals surface area contributed by atoms with Crippen molar-refractivity contribution in [1.29, 1.82) is 0 Å². The second-order valence-electron chi connectivity index (χ2n) is 7.71. The number of aromatic nitrogens is 3. The van der Waals surface area contributed by atoms with Crippen molar-refractivity contribution in [3.63, 3.8) is 0 Å². The van der Waals surface area contributed by atoms with E-state index in [0.29, 0.717) is 47.6 Å². The average molecular weight is 448 g/mol. The Morgan fingerprint density at radius 2 is 2.10 bits per heavy atom. The summed E-state index contributed by atoms with van der Waals surface area (Å²) in [5.74, 6) is 0.0817. The largest absolute Gasteiger partial charge is 0.388 e. The number of nitrogens with one attached hydrogen (secondary N) is 2. The van der Waals surface area contributed by atoms with Crippen LogP contribution < -0.4 is 10.6 Å². The molecule has 0 spiro atoms. The number of methoxy groups -OCH3 is 1. The normalized spacial score (nSPS) is 23.4.